The molecule has 0 aromatic heterocycles. The molecule has 0 atom stereocenters. The van der Waals surface area contributed by atoms with Crippen molar-refractivity contribution in [3.05, 3.63) is 0 Å². The maximum Gasteiger partial charge on any atom is 0.149 e. The first-order chi connectivity index (χ1) is 7.09. The van der Waals surface area contributed by atoms with Crippen molar-refractivity contribution in [2.45, 2.75) is 25.7 Å². The van der Waals surface area contributed by atoms with Crippen molar-refractivity contribution in [3.63, 3.8) is 0 Å². The minimum atomic E-state index is 0.367. The van der Waals surface area contributed by atoms with Crippen LogP contribution in [0.3, 0.4) is 0 Å². The molecule has 0 saturated heterocycles. The van der Waals surface area contributed by atoms with Crippen LogP contribution in [-0.2, 0) is 4.79 Å². The summed E-state index contributed by atoms with van der Waals surface area (Å²) in [4.78, 5) is 16.1. The SMILES string of the molecule is CN(C)CCN(C)CC(=O)C1CCCC1. The summed E-state index contributed by atoms with van der Waals surface area (Å²) in [6.45, 7) is 2.64. The highest BCUT2D eigenvalue weighted by molar-refractivity contribution is 5.83. The largest absolute Gasteiger partial charge is 0.308 e. The van der Waals surface area contributed by atoms with Crippen LogP contribution in [0.1, 0.15) is 25.7 Å². The predicted molar refractivity (Wildman–Crippen MR) is 63.0 cm³/mol. The van der Waals surface area contributed by atoms with Crippen molar-refractivity contribution in [2.75, 3.05) is 40.8 Å². The number of hydrogen-bond donors (Lipinski definition) is 0. The standard InChI is InChI=1S/C12H24N2O/c1-13(2)8-9-14(3)10-12(15)11-6-4-5-7-11/h11H,4-10H2,1-3H3. The molecule has 0 aliphatic heterocycles. The van der Waals surface area contributed by atoms with Crippen LogP contribution in [0.4, 0.5) is 0 Å². The smallest absolute Gasteiger partial charge is 0.149 e. The number of likely N-dealkylation sites (N-methyl/N-ethyl adjacent to an activating group) is 2. The van der Waals surface area contributed by atoms with Crippen LogP contribution in [0.25, 0.3) is 0 Å². The number of rotatable bonds is 6. The Bertz CT molecular complexity index is 198. The van der Waals surface area contributed by atoms with Gasteiger partial charge in [-0.05, 0) is 34.0 Å². The predicted octanol–water partition coefficient (Wildman–Crippen LogP) is 1.24. The van der Waals surface area contributed by atoms with Crippen molar-refractivity contribution in [1.29, 1.82) is 0 Å². The van der Waals surface area contributed by atoms with Gasteiger partial charge in [-0.1, -0.05) is 12.8 Å². The van der Waals surface area contributed by atoms with Crippen LogP contribution in [0.15, 0.2) is 0 Å². The van der Waals surface area contributed by atoms with Crippen LogP contribution in [0.5, 0.6) is 0 Å². The highest BCUT2D eigenvalue weighted by Gasteiger charge is 2.22. The van der Waals surface area contributed by atoms with Crippen LogP contribution >= 0.6 is 0 Å². The molecule has 1 aliphatic rings. The van der Waals surface area contributed by atoms with E-state index in [2.05, 4.69) is 23.9 Å². The lowest BCUT2D eigenvalue weighted by atomic mass is 10.0. The average molecular weight is 212 g/mol. The summed E-state index contributed by atoms with van der Waals surface area (Å²) in [6.07, 6.45) is 4.75. The highest BCUT2D eigenvalue weighted by atomic mass is 16.1. The fourth-order valence-corrected chi connectivity index (χ4v) is 2.09. The Morgan fingerprint density at radius 2 is 1.73 bits per heavy atom. The van der Waals surface area contributed by atoms with Crippen molar-refractivity contribution < 1.29 is 4.79 Å². The van der Waals surface area contributed by atoms with Crippen molar-refractivity contribution >= 4 is 5.78 Å². The molecule has 1 aliphatic carbocycles. The highest BCUT2D eigenvalue weighted by Crippen LogP contribution is 2.25. The first-order valence-corrected chi connectivity index (χ1v) is 5.95. The topological polar surface area (TPSA) is 23.6 Å². The van der Waals surface area contributed by atoms with Crippen molar-refractivity contribution in [3.8, 4) is 0 Å². The molecule has 3 nitrogen and oxygen atoms in total. The molecule has 0 radical (unpaired) electrons. The van der Waals surface area contributed by atoms with Gasteiger partial charge >= 0.3 is 0 Å². The summed E-state index contributed by atoms with van der Waals surface area (Å²) in [5.41, 5.74) is 0. The van der Waals surface area contributed by atoms with E-state index < -0.39 is 0 Å². The Morgan fingerprint density at radius 1 is 1.13 bits per heavy atom. The number of hydrogen-bond acceptors (Lipinski definition) is 3. The zero-order valence-electron chi connectivity index (χ0n) is 10.3. The van der Waals surface area contributed by atoms with Crippen LogP contribution < -0.4 is 0 Å². The molecule has 0 N–H and O–H groups in total. The van der Waals surface area contributed by atoms with Gasteiger partial charge in [-0.2, -0.15) is 0 Å². The summed E-state index contributed by atoms with van der Waals surface area (Å²) in [5.74, 6) is 0.820. The average Bonchev–Trinajstić information content (AvgIpc) is 2.67. The molecule has 88 valence electrons. The molecule has 3 heteroatoms. The van der Waals surface area contributed by atoms with E-state index in [0.717, 1.165) is 25.9 Å². The third kappa shape index (κ3) is 4.76. The second-order valence-electron chi connectivity index (χ2n) is 4.99. The quantitative estimate of drug-likeness (QED) is 0.662. The Balaban J connectivity index is 2.18. The molecule has 0 unspecified atom stereocenters. The molecule has 0 spiro atoms. The number of Topliss-reactive ketones (excluding diaryl/α,β-unsaturated/α-hetero) is 1. The third-order valence-electron chi connectivity index (χ3n) is 3.17. The van der Waals surface area contributed by atoms with Gasteiger partial charge < -0.3 is 4.90 Å². The summed E-state index contributed by atoms with van der Waals surface area (Å²) >= 11 is 0. The Kier molecular flexibility index (Phi) is 5.26. The van der Waals surface area contributed by atoms with Gasteiger partial charge in [0.1, 0.15) is 5.78 Å². The van der Waals surface area contributed by atoms with Crippen molar-refractivity contribution in [1.82, 2.24) is 9.80 Å². The lowest BCUT2D eigenvalue weighted by molar-refractivity contribution is -0.123. The van der Waals surface area contributed by atoms with Crippen molar-refractivity contribution in [2.24, 2.45) is 5.92 Å². The molecule has 0 heterocycles. The molecule has 0 aromatic carbocycles. The molecular weight excluding hydrogens is 188 g/mol. The van der Waals surface area contributed by atoms with E-state index in [1.54, 1.807) is 0 Å². The lowest BCUT2D eigenvalue weighted by Gasteiger charge is -2.20. The van der Waals surface area contributed by atoms with Gasteiger partial charge in [0.15, 0.2) is 0 Å². The van der Waals surface area contributed by atoms with Gasteiger partial charge in [0.25, 0.3) is 0 Å². The fraction of sp³-hybridized carbons (Fsp3) is 0.917. The van der Waals surface area contributed by atoms with Gasteiger partial charge in [0.05, 0.1) is 6.54 Å². The fourth-order valence-electron chi connectivity index (χ4n) is 2.09. The van der Waals surface area contributed by atoms with Gasteiger partial charge in [0.2, 0.25) is 0 Å². The number of nitrogens with zero attached hydrogens (tertiary/aromatic N) is 2. The Labute approximate surface area is 93.4 Å². The summed E-state index contributed by atoms with van der Waals surface area (Å²) in [6, 6.07) is 0. The van der Waals surface area contributed by atoms with E-state index in [1.807, 2.05) is 7.05 Å². The van der Waals surface area contributed by atoms with E-state index >= 15 is 0 Å². The summed E-state index contributed by atoms with van der Waals surface area (Å²) in [5, 5.41) is 0. The molecule has 0 aromatic rings. The number of carbonyl (C=O) groups is 1. The zero-order valence-corrected chi connectivity index (χ0v) is 10.3. The van der Waals surface area contributed by atoms with Gasteiger partial charge in [-0.3, -0.25) is 9.69 Å². The molecule has 1 saturated carbocycles. The van der Waals surface area contributed by atoms with Gasteiger partial charge in [-0.15, -0.1) is 0 Å². The molecule has 0 bridgehead atoms. The van der Waals surface area contributed by atoms with Gasteiger partial charge in [-0.25, -0.2) is 0 Å². The second-order valence-corrected chi connectivity index (χ2v) is 4.99. The van der Waals surface area contributed by atoms with E-state index in [9.17, 15) is 4.79 Å². The summed E-state index contributed by atoms with van der Waals surface area (Å²) < 4.78 is 0. The normalized spacial score (nSPS) is 17.9. The Morgan fingerprint density at radius 3 is 2.27 bits per heavy atom. The minimum Gasteiger partial charge on any atom is -0.308 e. The summed E-state index contributed by atoms with van der Waals surface area (Å²) in [7, 11) is 6.16. The molecule has 1 rings (SSSR count). The first kappa shape index (κ1) is 12.7. The van der Waals surface area contributed by atoms with E-state index in [4.69, 9.17) is 0 Å². The third-order valence-corrected chi connectivity index (χ3v) is 3.17. The Hall–Kier alpha value is -0.410. The molecule has 15 heavy (non-hydrogen) atoms. The second kappa shape index (κ2) is 6.23. The minimum absolute atomic E-state index is 0.367. The van der Waals surface area contributed by atoms with Crippen LogP contribution in [-0.4, -0.2) is 56.4 Å². The molecular formula is C12H24N2O. The molecule has 0 amide bonds. The van der Waals surface area contributed by atoms with Crippen LogP contribution in [0.2, 0.25) is 0 Å². The molecule has 1 fully saturated rings. The van der Waals surface area contributed by atoms with E-state index in [1.165, 1.54) is 12.8 Å². The number of carbonyl (C=O) groups excluding carboxylic acids is 1. The van der Waals surface area contributed by atoms with E-state index in [-0.39, 0.29) is 0 Å². The zero-order chi connectivity index (χ0) is 11.3. The monoisotopic (exact) mass is 212 g/mol. The number of ketones is 1. The van der Waals surface area contributed by atoms with Gasteiger partial charge in [0, 0.05) is 19.0 Å². The first-order valence-electron chi connectivity index (χ1n) is 5.95. The van der Waals surface area contributed by atoms with Crippen LogP contribution in [0, 0.1) is 5.92 Å². The lowest BCUT2D eigenvalue weighted by Crippen LogP contribution is -2.34. The van der Waals surface area contributed by atoms with E-state index in [0.29, 0.717) is 18.2 Å². The maximum absolute atomic E-state index is 11.8. The maximum atomic E-state index is 11.8.